The first-order chi connectivity index (χ1) is 13.2. The molecule has 1 amide bonds. The Morgan fingerprint density at radius 2 is 1.63 bits per heavy atom. The number of anilines is 2. The first-order valence-electron chi connectivity index (χ1n) is 9.75. The highest BCUT2D eigenvalue weighted by Crippen LogP contribution is 2.19. The summed E-state index contributed by atoms with van der Waals surface area (Å²) in [5.74, 6) is -0.0801. The van der Waals surface area contributed by atoms with E-state index in [1.165, 1.54) is 5.56 Å². The molecule has 1 fully saturated rings. The molecule has 1 aliphatic rings. The second kappa shape index (κ2) is 9.53. The van der Waals surface area contributed by atoms with E-state index in [-0.39, 0.29) is 5.91 Å². The fourth-order valence-electron chi connectivity index (χ4n) is 3.25. The summed E-state index contributed by atoms with van der Waals surface area (Å²) < 4.78 is 5.39. The van der Waals surface area contributed by atoms with Gasteiger partial charge in [-0.25, -0.2) is 0 Å². The third kappa shape index (κ3) is 5.31. The number of amides is 1. The normalized spacial score (nSPS) is 14.4. The largest absolute Gasteiger partial charge is 0.378 e. The maximum absolute atomic E-state index is 12.5. The number of ether oxygens (including phenoxy) is 1. The highest BCUT2D eigenvalue weighted by molar-refractivity contribution is 6.04. The maximum atomic E-state index is 12.5. The summed E-state index contributed by atoms with van der Waals surface area (Å²) in [5.41, 5.74) is 3.88. The van der Waals surface area contributed by atoms with Crippen molar-refractivity contribution in [3.63, 3.8) is 0 Å². The molecule has 27 heavy (non-hydrogen) atoms. The highest BCUT2D eigenvalue weighted by atomic mass is 16.5. The Hall–Kier alpha value is -2.37. The molecule has 3 rings (SSSR count). The average Bonchev–Trinajstić information content (AvgIpc) is 2.73. The predicted molar refractivity (Wildman–Crippen MR) is 110 cm³/mol. The van der Waals surface area contributed by atoms with E-state index in [4.69, 9.17) is 4.74 Å². The minimum atomic E-state index is -0.0801. The molecule has 1 N–H and O–H groups in total. The number of hydrogen-bond acceptors (Lipinski definition) is 4. The Morgan fingerprint density at radius 1 is 1.00 bits per heavy atom. The molecule has 0 atom stereocenters. The number of carbonyl (C=O) groups is 1. The van der Waals surface area contributed by atoms with Crippen LogP contribution in [0.2, 0.25) is 0 Å². The summed E-state index contributed by atoms with van der Waals surface area (Å²) >= 11 is 0. The quantitative estimate of drug-likeness (QED) is 0.812. The van der Waals surface area contributed by atoms with Crippen LogP contribution in [0.15, 0.2) is 48.5 Å². The third-order valence-corrected chi connectivity index (χ3v) is 5.02. The van der Waals surface area contributed by atoms with Gasteiger partial charge in [-0.15, -0.1) is 0 Å². The highest BCUT2D eigenvalue weighted by Gasteiger charge is 2.12. The second-order valence-corrected chi connectivity index (χ2v) is 6.76. The van der Waals surface area contributed by atoms with E-state index in [2.05, 4.69) is 29.0 Å². The van der Waals surface area contributed by atoms with Crippen molar-refractivity contribution in [1.29, 1.82) is 0 Å². The minimum absolute atomic E-state index is 0.0801. The van der Waals surface area contributed by atoms with Crippen LogP contribution in [0.1, 0.15) is 29.8 Å². The SMILES string of the molecule is CCN(CC)Cc1ccc(C(=O)Nc2ccc(N3CCOCC3)cc2)cc1. The van der Waals surface area contributed by atoms with Crippen LogP contribution in [0.5, 0.6) is 0 Å². The van der Waals surface area contributed by atoms with Gasteiger partial charge in [0.1, 0.15) is 0 Å². The van der Waals surface area contributed by atoms with Crippen molar-refractivity contribution < 1.29 is 9.53 Å². The van der Waals surface area contributed by atoms with Gasteiger partial charge in [-0.3, -0.25) is 9.69 Å². The molecule has 1 saturated heterocycles. The van der Waals surface area contributed by atoms with Gasteiger partial charge in [-0.2, -0.15) is 0 Å². The molecular weight excluding hydrogens is 338 g/mol. The Balaban J connectivity index is 1.58. The van der Waals surface area contributed by atoms with Crippen molar-refractivity contribution in [2.75, 3.05) is 49.6 Å². The molecular formula is C22H29N3O2. The number of rotatable bonds is 7. The second-order valence-electron chi connectivity index (χ2n) is 6.76. The number of morpholine rings is 1. The predicted octanol–water partition coefficient (Wildman–Crippen LogP) is 3.62. The van der Waals surface area contributed by atoms with Crippen molar-refractivity contribution in [3.05, 3.63) is 59.7 Å². The van der Waals surface area contributed by atoms with Gasteiger partial charge >= 0.3 is 0 Å². The fourth-order valence-corrected chi connectivity index (χ4v) is 3.25. The summed E-state index contributed by atoms with van der Waals surface area (Å²) in [7, 11) is 0. The van der Waals surface area contributed by atoms with Crippen LogP contribution in [0, 0.1) is 0 Å². The molecule has 0 aromatic heterocycles. The van der Waals surface area contributed by atoms with Gasteiger partial charge in [0.15, 0.2) is 0 Å². The molecule has 0 aliphatic carbocycles. The molecule has 144 valence electrons. The molecule has 0 radical (unpaired) electrons. The van der Waals surface area contributed by atoms with Gasteiger partial charge in [0.05, 0.1) is 13.2 Å². The summed E-state index contributed by atoms with van der Waals surface area (Å²) in [4.78, 5) is 17.1. The smallest absolute Gasteiger partial charge is 0.255 e. The van der Waals surface area contributed by atoms with Crippen LogP contribution in [0.4, 0.5) is 11.4 Å². The average molecular weight is 367 g/mol. The van der Waals surface area contributed by atoms with E-state index < -0.39 is 0 Å². The molecule has 0 bridgehead atoms. The van der Waals surface area contributed by atoms with Crippen molar-refractivity contribution >= 4 is 17.3 Å². The molecule has 2 aromatic rings. The fraction of sp³-hybridized carbons (Fsp3) is 0.409. The van der Waals surface area contributed by atoms with Gasteiger partial charge in [-0.1, -0.05) is 26.0 Å². The van der Waals surface area contributed by atoms with E-state index in [1.54, 1.807) is 0 Å². The standard InChI is InChI=1S/C22H29N3O2/c1-3-24(4-2)17-18-5-7-19(8-6-18)22(26)23-20-9-11-21(12-10-20)25-13-15-27-16-14-25/h5-12H,3-4,13-17H2,1-2H3,(H,23,26). The van der Waals surface area contributed by atoms with E-state index in [9.17, 15) is 4.79 Å². The lowest BCUT2D eigenvalue weighted by Gasteiger charge is -2.28. The van der Waals surface area contributed by atoms with Crippen LogP contribution < -0.4 is 10.2 Å². The maximum Gasteiger partial charge on any atom is 0.255 e. The van der Waals surface area contributed by atoms with Gasteiger partial charge in [-0.05, 0) is 55.1 Å². The third-order valence-electron chi connectivity index (χ3n) is 5.02. The van der Waals surface area contributed by atoms with E-state index in [0.29, 0.717) is 5.56 Å². The molecule has 0 saturated carbocycles. The minimum Gasteiger partial charge on any atom is -0.378 e. The lowest BCUT2D eigenvalue weighted by Crippen LogP contribution is -2.36. The van der Waals surface area contributed by atoms with Gasteiger partial charge in [0, 0.05) is 36.6 Å². The van der Waals surface area contributed by atoms with E-state index in [0.717, 1.165) is 57.3 Å². The molecule has 0 unspecified atom stereocenters. The monoisotopic (exact) mass is 367 g/mol. The van der Waals surface area contributed by atoms with Crippen molar-refractivity contribution in [1.82, 2.24) is 4.90 Å². The lowest BCUT2D eigenvalue weighted by atomic mass is 10.1. The topological polar surface area (TPSA) is 44.8 Å². The molecule has 1 aliphatic heterocycles. The van der Waals surface area contributed by atoms with Crippen LogP contribution >= 0.6 is 0 Å². The van der Waals surface area contributed by atoms with Crippen molar-refractivity contribution in [3.8, 4) is 0 Å². The Bertz CT molecular complexity index is 718. The van der Waals surface area contributed by atoms with Gasteiger partial charge in [0.25, 0.3) is 5.91 Å². The van der Waals surface area contributed by atoms with Crippen LogP contribution in [0.3, 0.4) is 0 Å². The van der Waals surface area contributed by atoms with E-state index in [1.807, 2.05) is 48.5 Å². The first kappa shape index (κ1) is 19.4. The Kier molecular flexibility index (Phi) is 6.85. The lowest BCUT2D eigenvalue weighted by molar-refractivity contribution is 0.102. The number of carbonyl (C=O) groups excluding carboxylic acids is 1. The number of nitrogens with one attached hydrogen (secondary N) is 1. The first-order valence-corrected chi connectivity index (χ1v) is 9.75. The summed E-state index contributed by atoms with van der Waals surface area (Å²) in [6.07, 6.45) is 0. The molecule has 5 heteroatoms. The van der Waals surface area contributed by atoms with Crippen LogP contribution in [-0.2, 0) is 11.3 Å². The Morgan fingerprint density at radius 3 is 2.22 bits per heavy atom. The molecule has 2 aromatic carbocycles. The molecule has 5 nitrogen and oxygen atoms in total. The van der Waals surface area contributed by atoms with E-state index >= 15 is 0 Å². The van der Waals surface area contributed by atoms with Crippen molar-refractivity contribution in [2.45, 2.75) is 20.4 Å². The number of benzene rings is 2. The summed E-state index contributed by atoms with van der Waals surface area (Å²) in [6.45, 7) is 10.6. The number of nitrogens with zero attached hydrogens (tertiary/aromatic N) is 2. The van der Waals surface area contributed by atoms with Crippen molar-refractivity contribution in [2.24, 2.45) is 0 Å². The Labute approximate surface area is 161 Å². The molecule has 1 heterocycles. The van der Waals surface area contributed by atoms with Gasteiger partial charge < -0.3 is 15.0 Å². The zero-order chi connectivity index (χ0) is 19.1. The van der Waals surface area contributed by atoms with Crippen LogP contribution in [-0.4, -0.2) is 50.2 Å². The van der Waals surface area contributed by atoms with Gasteiger partial charge in [0.2, 0.25) is 0 Å². The zero-order valence-corrected chi connectivity index (χ0v) is 16.3. The summed E-state index contributed by atoms with van der Waals surface area (Å²) in [6, 6.07) is 15.9. The molecule has 0 spiro atoms. The zero-order valence-electron chi connectivity index (χ0n) is 16.3. The van der Waals surface area contributed by atoms with Crippen LogP contribution in [0.25, 0.3) is 0 Å². The number of hydrogen-bond donors (Lipinski definition) is 1. The summed E-state index contributed by atoms with van der Waals surface area (Å²) in [5, 5.41) is 2.98.